The van der Waals surface area contributed by atoms with Gasteiger partial charge in [0.15, 0.2) is 0 Å². The van der Waals surface area contributed by atoms with Crippen molar-refractivity contribution in [3.05, 3.63) is 60.8 Å². The molecule has 0 aliphatic heterocycles. The highest BCUT2D eigenvalue weighted by Crippen LogP contribution is 2.43. The summed E-state index contributed by atoms with van der Waals surface area (Å²) in [6.07, 6.45) is 43.2. The summed E-state index contributed by atoms with van der Waals surface area (Å²) in [7, 11) is -4.52. The number of hydrogen-bond donors (Lipinski definition) is 3. The Morgan fingerprint density at radius 1 is 0.615 bits per heavy atom. The van der Waals surface area contributed by atoms with Gasteiger partial charge in [-0.3, -0.25) is 13.8 Å². The summed E-state index contributed by atoms with van der Waals surface area (Å²) < 4.78 is 33.2. The van der Waals surface area contributed by atoms with Gasteiger partial charge in [0.25, 0.3) is 0 Å². The van der Waals surface area contributed by atoms with Gasteiger partial charge in [0.1, 0.15) is 12.2 Å². The second-order valence-electron chi connectivity index (χ2n) is 13.3. The number of carbonyl (C=O) groups excluding carboxylic acids is 1. The molecule has 3 N–H and O–H groups in total. The fraction of sp³-hybridized carbons (Fsp3) is 0.738. The van der Waals surface area contributed by atoms with Crippen LogP contribution in [-0.4, -0.2) is 66.3 Å². The largest absolute Gasteiger partial charge is 0.472 e. The molecule has 0 fully saturated rings. The van der Waals surface area contributed by atoms with Crippen LogP contribution in [0.2, 0.25) is 0 Å². The molecule has 0 rings (SSSR count). The zero-order valence-electron chi connectivity index (χ0n) is 32.8. The molecule has 0 saturated heterocycles. The smallest absolute Gasteiger partial charge is 0.457 e. The van der Waals surface area contributed by atoms with E-state index in [9.17, 15) is 19.4 Å². The Balaban J connectivity index is 4.19. The lowest BCUT2D eigenvalue weighted by atomic mass is 10.1. The van der Waals surface area contributed by atoms with E-state index in [1.54, 1.807) is 0 Å². The standard InChI is InChI=1S/C42H75O9P/c1-3-5-7-9-11-13-15-16-17-18-19-20-21-22-23-25-27-29-31-33-35-48-38-41(39-50-52(46,47)49-37-40(44)36-43)51-42(45)34-32-30-28-26-24-14-12-10-8-6-4-2/h5,7,10-13,16-17,19-20,40-41,43-44H,3-4,6,8-9,14-15,18,21-39H2,1-2H3,(H,46,47)/b7-5-,12-10-,13-11-,17-16-,20-19-. The molecular formula is C42H75O9P. The van der Waals surface area contributed by atoms with Crippen LogP contribution in [0.5, 0.6) is 0 Å². The average molecular weight is 755 g/mol. The molecule has 0 heterocycles. The Hall–Kier alpha value is -1.84. The van der Waals surface area contributed by atoms with Crippen LogP contribution in [-0.2, 0) is 27.9 Å². The highest BCUT2D eigenvalue weighted by molar-refractivity contribution is 7.47. The van der Waals surface area contributed by atoms with Crippen LogP contribution in [0.4, 0.5) is 0 Å². The predicted octanol–water partition coefficient (Wildman–Crippen LogP) is 10.8. The summed E-state index contributed by atoms with van der Waals surface area (Å²) in [4.78, 5) is 22.5. The number of carbonyl (C=O) groups is 1. The number of hydrogen-bond acceptors (Lipinski definition) is 8. The van der Waals surface area contributed by atoms with Crippen LogP contribution < -0.4 is 0 Å². The number of phosphoric ester groups is 1. The molecule has 3 atom stereocenters. The Bertz CT molecular complexity index is 992. The van der Waals surface area contributed by atoms with E-state index in [2.05, 4.69) is 74.6 Å². The molecule has 0 bridgehead atoms. The molecule has 0 aliphatic carbocycles. The van der Waals surface area contributed by atoms with Gasteiger partial charge in [0, 0.05) is 13.0 Å². The second kappa shape index (κ2) is 38.9. The quantitative estimate of drug-likeness (QED) is 0.0244. The number of allylic oxidation sites excluding steroid dienone is 10. The summed E-state index contributed by atoms with van der Waals surface area (Å²) in [5.41, 5.74) is 0. The van der Waals surface area contributed by atoms with E-state index < -0.39 is 39.2 Å². The third-order valence-electron chi connectivity index (χ3n) is 8.19. The SMILES string of the molecule is CC/C=C\C/C=C\C/C=C\C/C=C\CCCCCCCCCOCC(COP(=O)(O)OCC(O)CO)OC(=O)CCCCCCC/C=C\CCCC. The zero-order valence-corrected chi connectivity index (χ0v) is 33.7. The summed E-state index contributed by atoms with van der Waals surface area (Å²) >= 11 is 0. The molecule has 3 unspecified atom stereocenters. The highest BCUT2D eigenvalue weighted by Gasteiger charge is 2.26. The van der Waals surface area contributed by atoms with Gasteiger partial charge in [0.2, 0.25) is 0 Å². The van der Waals surface area contributed by atoms with Crippen molar-refractivity contribution in [1.82, 2.24) is 0 Å². The first-order valence-corrected chi connectivity index (χ1v) is 21.8. The minimum Gasteiger partial charge on any atom is -0.457 e. The van der Waals surface area contributed by atoms with Crippen LogP contribution in [0, 0.1) is 0 Å². The van der Waals surface area contributed by atoms with Crippen molar-refractivity contribution in [2.45, 2.75) is 167 Å². The maximum absolute atomic E-state index is 12.5. The van der Waals surface area contributed by atoms with E-state index in [1.807, 2.05) is 0 Å². The monoisotopic (exact) mass is 755 g/mol. The van der Waals surface area contributed by atoms with E-state index in [0.717, 1.165) is 89.9 Å². The van der Waals surface area contributed by atoms with E-state index >= 15 is 0 Å². The molecule has 0 aromatic rings. The molecule has 0 aromatic heterocycles. The summed E-state index contributed by atoms with van der Waals surface area (Å²) in [6, 6.07) is 0. The van der Waals surface area contributed by atoms with Crippen molar-refractivity contribution in [3.8, 4) is 0 Å². The van der Waals surface area contributed by atoms with Crippen LogP contribution in [0.25, 0.3) is 0 Å². The van der Waals surface area contributed by atoms with Gasteiger partial charge in [-0.25, -0.2) is 4.57 Å². The molecule has 0 amide bonds. The molecule has 302 valence electrons. The first-order valence-electron chi connectivity index (χ1n) is 20.3. The van der Waals surface area contributed by atoms with Gasteiger partial charge < -0.3 is 24.6 Å². The van der Waals surface area contributed by atoms with Gasteiger partial charge in [-0.15, -0.1) is 0 Å². The summed E-state index contributed by atoms with van der Waals surface area (Å²) in [6.45, 7) is 3.31. The maximum atomic E-state index is 12.5. The molecule has 0 aliphatic rings. The average Bonchev–Trinajstić information content (AvgIpc) is 3.13. The fourth-order valence-corrected chi connectivity index (χ4v) is 5.88. The van der Waals surface area contributed by atoms with E-state index in [4.69, 9.17) is 23.6 Å². The molecule has 0 spiro atoms. The van der Waals surface area contributed by atoms with E-state index in [1.165, 1.54) is 38.5 Å². The Morgan fingerprint density at radius 3 is 1.67 bits per heavy atom. The van der Waals surface area contributed by atoms with E-state index in [0.29, 0.717) is 13.0 Å². The number of phosphoric acid groups is 1. The van der Waals surface area contributed by atoms with Crippen molar-refractivity contribution >= 4 is 13.8 Å². The lowest BCUT2D eigenvalue weighted by Crippen LogP contribution is -2.29. The van der Waals surface area contributed by atoms with Gasteiger partial charge >= 0.3 is 13.8 Å². The number of rotatable bonds is 38. The van der Waals surface area contributed by atoms with Gasteiger partial charge in [-0.2, -0.15) is 0 Å². The van der Waals surface area contributed by atoms with Crippen molar-refractivity contribution < 1.29 is 43.0 Å². The highest BCUT2D eigenvalue weighted by atomic mass is 31.2. The van der Waals surface area contributed by atoms with Gasteiger partial charge in [-0.05, 0) is 70.6 Å². The molecule has 0 radical (unpaired) electrons. The normalized spacial score (nSPS) is 14.8. The van der Waals surface area contributed by atoms with Crippen molar-refractivity contribution in [2.75, 3.05) is 33.0 Å². The second-order valence-corrected chi connectivity index (χ2v) is 14.7. The zero-order chi connectivity index (χ0) is 38.2. The number of esters is 1. The molecule has 0 saturated carbocycles. The number of aliphatic hydroxyl groups excluding tert-OH is 2. The Labute approximate surface area is 317 Å². The molecule has 52 heavy (non-hydrogen) atoms. The lowest BCUT2D eigenvalue weighted by Gasteiger charge is -2.20. The third kappa shape index (κ3) is 37.9. The van der Waals surface area contributed by atoms with Gasteiger partial charge in [0.05, 0.1) is 26.4 Å². The van der Waals surface area contributed by atoms with Gasteiger partial charge in [-0.1, -0.05) is 139 Å². The first-order chi connectivity index (χ1) is 25.3. The minimum atomic E-state index is -4.52. The van der Waals surface area contributed by atoms with Crippen molar-refractivity contribution in [2.24, 2.45) is 0 Å². The number of unbranched alkanes of at least 4 members (excludes halogenated alkanes) is 14. The third-order valence-corrected chi connectivity index (χ3v) is 9.14. The topological polar surface area (TPSA) is 132 Å². The lowest BCUT2D eigenvalue weighted by molar-refractivity contribution is -0.154. The molecular weight excluding hydrogens is 679 g/mol. The molecule has 0 aromatic carbocycles. The number of ether oxygens (including phenoxy) is 2. The Kier molecular flexibility index (Phi) is 37.5. The molecule has 10 heteroatoms. The Morgan fingerprint density at radius 2 is 1.10 bits per heavy atom. The number of aliphatic hydroxyl groups is 2. The van der Waals surface area contributed by atoms with Crippen LogP contribution in [0.15, 0.2) is 60.8 Å². The molecule has 9 nitrogen and oxygen atoms in total. The van der Waals surface area contributed by atoms with E-state index in [-0.39, 0.29) is 19.6 Å². The first kappa shape index (κ1) is 50.2. The van der Waals surface area contributed by atoms with Crippen LogP contribution in [0.1, 0.15) is 155 Å². The predicted molar refractivity (Wildman–Crippen MR) is 214 cm³/mol. The summed E-state index contributed by atoms with van der Waals surface area (Å²) in [5, 5.41) is 18.3. The van der Waals surface area contributed by atoms with Crippen molar-refractivity contribution in [1.29, 1.82) is 0 Å². The summed E-state index contributed by atoms with van der Waals surface area (Å²) in [5.74, 6) is -0.401. The van der Waals surface area contributed by atoms with Crippen molar-refractivity contribution in [3.63, 3.8) is 0 Å². The minimum absolute atomic E-state index is 0.0358. The maximum Gasteiger partial charge on any atom is 0.472 e. The van der Waals surface area contributed by atoms with Crippen LogP contribution >= 0.6 is 7.82 Å². The fourth-order valence-electron chi connectivity index (χ4n) is 5.09. The van der Waals surface area contributed by atoms with Crippen LogP contribution in [0.3, 0.4) is 0 Å².